The number of aromatic nitrogens is 1. The third-order valence-corrected chi connectivity index (χ3v) is 3.05. The molecule has 0 aliphatic heterocycles. The first kappa shape index (κ1) is 12.9. The van der Waals surface area contributed by atoms with Gasteiger partial charge < -0.3 is 9.47 Å². The van der Waals surface area contributed by atoms with Crippen LogP contribution in [0.3, 0.4) is 0 Å². The number of rotatable bonds is 2. The van der Waals surface area contributed by atoms with Crippen LogP contribution in [0.5, 0.6) is 5.75 Å². The number of carbonyl (C=O) groups is 1. The number of nitrogens with zero attached hydrogens (tertiary/aromatic N) is 1. The molecular weight excluding hydrogens is 277 g/mol. The van der Waals surface area contributed by atoms with E-state index in [1.165, 1.54) is 20.3 Å². The molecule has 1 aromatic carbocycles. The highest BCUT2D eigenvalue weighted by molar-refractivity contribution is 6.42. The lowest BCUT2D eigenvalue weighted by Gasteiger charge is -2.09. The van der Waals surface area contributed by atoms with Gasteiger partial charge in [0.15, 0.2) is 5.69 Å². The monoisotopic (exact) mass is 285 g/mol. The van der Waals surface area contributed by atoms with Gasteiger partial charge in [-0.15, -0.1) is 0 Å². The van der Waals surface area contributed by atoms with E-state index in [4.69, 9.17) is 27.9 Å². The van der Waals surface area contributed by atoms with Gasteiger partial charge in [-0.1, -0.05) is 23.2 Å². The molecule has 6 heteroatoms. The first-order chi connectivity index (χ1) is 8.58. The van der Waals surface area contributed by atoms with Crippen molar-refractivity contribution in [3.05, 3.63) is 33.9 Å². The summed E-state index contributed by atoms with van der Waals surface area (Å²) in [7, 11) is 2.78. The smallest absolute Gasteiger partial charge is 0.356 e. The van der Waals surface area contributed by atoms with Crippen molar-refractivity contribution >= 4 is 40.1 Å². The predicted octanol–water partition coefficient (Wildman–Crippen LogP) is 3.34. The topological polar surface area (TPSA) is 48.4 Å². The number of benzene rings is 1. The van der Waals surface area contributed by atoms with E-state index in [0.717, 1.165) is 0 Å². The van der Waals surface area contributed by atoms with Gasteiger partial charge in [0, 0.05) is 5.39 Å². The molecule has 0 radical (unpaired) electrons. The van der Waals surface area contributed by atoms with Crippen LogP contribution in [0.4, 0.5) is 0 Å². The summed E-state index contributed by atoms with van der Waals surface area (Å²) in [5, 5.41) is 1.31. The summed E-state index contributed by atoms with van der Waals surface area (Å²) in [5.41, 5.74) is 0.536. The third-order valence-electron chi connectivity index (χ3n) is 2.44. The molecule has 0 bridgehead atoms. The highest BCUT2D eigenvalue weighted by atomic mass is 35.5. The molecular formula is C12H9Cl2NO3. The second-order valence-corrected chi connectivity index (χ2v) is 4.27. The quantitative estimate of drug-likeness (QED) is 0.794. The Balaban J connectivity index is 2.81. The summed E-state index contributed by atoms with van der Waals surface area (Å²) in [6.07, 6.45) is 0. The van der Waals surface area contributed by atoms with Gasteiger partial charge in [0.05, 0.1) is 24.3 Å². The number of carbonyl (C=O) groups excluding carboxylic acids is 1. The van der Waals surface area contributed by atoms with Crippen LogP contribution in [-0.4, -0.2) is 25.2 Å². The van der Waals surface area contributed by atoms with Gasteiger partial charge in [0.25, 0.3) is 0 Å². The van der Waals surface area contributed by atoms with E-state index < -0.39 is 5.97 Å². The maximum Gasteiger partial charge on any atom is 0.356 e. The number of fused-ring (bicyclic) bond motifs is 1. The zero-order chi connectivity index (χ0) is 13.3. The van der Waals surface area contributed by atoms with Crippen LogP contribution in [0.1, 0.15) is 10.5 Å². The number of ether oxygens (including phenoxy) is 2. The minimum Gasteiger partial charge on any atom is -0.494 e. The Morgan fingerprint density at radius 1 is 1.22 bits per heavy atom. The number of hydrogen-bond donors (Lipinski definition) is 0. The first-order valence-electron chi connectivity index (χ1n) is 4.99. The van der Waals surface area contributed by atoms with E-state index in [1.54, 1.807) is 12.1 Å². The Bertz CT molecular complexity index is 628. The van der Waals surface area contributed by atoms with Gasteiger partial charge in [0.1, 0.15) is 11.3 Å². The van der Waals surface area contributed by atoms with E-state index in [0.29, 0.717) is 26.7 Å². The lowest BCUT2D eigenvalue weighted by atomic mass is 10.2. The van der Waals surface area contributed by atoms with Crippen molar-refractivity contribution in [3.63, 3.8) is 0 Å². The molecule has 0 unspecified atom stereocenters. The lowest BCUT2D eigenvalue weighted by Crippen LogP contribution is -2.05. The van der Waals surface area contributed by atoms with E-state index in [1.807, 2.05) is 0 Å². The lowest BCUT2D eigenvalue weighted by molar-refractivity contribution is 0.0594. The zero-order valence-electron chi connectivity index (χ0n) is 9.66. The number of esters is 1. The Hall–Kier alpha value is -1.52. The van der Waals surface area contributed by atoms with E-state index >= 15 is 0 Å². The molecule has 0 saturated carbocycles. The van der Waals surface area contributed by atoms with Gasteiger partial charge in [-0.25, -0.2) is 9.78 Å². The molecule has 1 aromatic heterocycles. The molecule has 0 aliphatic carbocycles. The second kappa shape index (κ2) is 5.00. The Kier molecular flexibility index (Phi) is 3.59. The molecule has 1 heterocycles. The van der Waals surface area contributed by atoms with Gasteiger partial charge in [-0.3, -0.25) is 0 Å². The summed E-state index contributed by atoms with van der Waals surface area (Å²) in [4.78, 5) is 15.6. The molecule has 4 nitrogen and oxygen atoms in total. The van der Waals surface area contributed by atoms with Crippen molar-refractivity contribution < 1.29 is 14.3 Å². The van der Waals surface area contributed by atoms with Crippen LogP contribution >= 0.6 is 23.2 Å². The van der Waals surface area contributed by atoms with Gasteiger partial charge in [-0.2, -0.15) is 0 Å². The van der Waals surface area contributed by atoms with Crippen molar-refractivity contribution in [2.75, 3.05) is 14.2 Å². The van der Waals surface area contributed by atoms with Crippen molar-refractivity contribution in [2.45, 2.75) is 0 Å². The molecule has 0 amide bonds. The average molecular weight is 286 g/mol. The summed E-state index contributed by atoms with van der Waals surface area (Å²) in [6, 6.07) is 4.74. The third kappa shape index (κ3) is 2.09. The molecule has 2 rings (SSSR count). The van der Waals surface area contributed by atoms with Crippen LogP contribution < -0.4 is 4.74 Å². The molecule has 0 saturated heterocycles. The SMILES string of the molecule is COC(=O)c1cc(Cl)c2c(Cl)ccc(OC)c2n1. The Labute approximate surface area is 113 Å². The van der Waals surface area contributed by atoms with E-state index in [2.05, 4.69) is 9.72 Å². The fourth-order valence-corrected chi connectivity index (χ4v) is 2.20. The Morgan fingerprint density at radius 3 is 2.56 bits per heavy atom. The molecule has 0 aliphatic rings. The van der Waals surface area contributed by atoms with Crippen LogP contribution in [0.25, 0.3) is 10.9 Å². The first-order valence-corrected chi connectivity index (χ1v) is 5.75. The van der Waals surface area contributed by atoms with Crippen LogP contribution in [0, 0.1) is 0 Å². The highest BCUT2D eigenvalue weighted by Crippen LogP contribution is 2.35. The van der Waals surface area contributed by atoms with Crippen molar-refractivity contribution in [1.82, 2.24) is 4.98 Å². The maximum atomic E-state index is 11.5. The van der Waals surface area contributed by atoms with Crippen LogP contribution in [0.2, 0.25) is 10.0 Å². The number of pyridine rings is 1. The number of halogens is 2. The average Bonchev–Trinajstić information content (AvgIpc) is 2.37. The minimum absolute atomic E-state index is 0.107. The standard InChI is InChI=1S/C12H9Cl2NO3/c1-17-9-4-3-6(13)10-7(14)5-8(12(16)18-2)15-11(9)10/h3-5H,1-2H3. The van der Waals surface area contributed by atoms with Crippen LogP contribution in [0.15, 0.2) is 18.2 Å². The summed E-state index contributed by atoms with van der Waals surface area (Å²) in [5.74, 6) is -0.0807. The molecule has 0 spiro atoms. The Morgan fingerprint density at radius 2 is 1.94 bits per heavy atom. The molecule has 94 valence electrons. The van der Waals surface area contributed by atoms with Crippen molar-refractivity contribution in [2.24, 2.45) is 0 Å². The van der Waals surface area contributed by atoms with E-state index in [-0.39, 0.29) is 5.69 Å². The number of methoxy groups -OCH3 is 2. The minimum atomic E-state index is -0.569. The van der Waals surface area contributed by atoms with Crippen LogP contribution in [-0.2, 0) is 4.74 Å². The fraction of sp³-hybridized carbons (Fsp3) is 0.167. The highest BCUT2D eigenvalue weighted by Gasteiger charge is 2.16. The maximum absolute atomic E-state index is 11.5. The fourth-order valence-electron chi connectivity index (χ4n) is 1.60. The summed E-state index contributed by atoms with van der Waals surface area (Å²) in [6.45, 7) is 0. The summed E-state index contributed by atoms with van der Waals surface area (Å²) < 4.78 is 9.78. The largest absolute Gasteiger partial charge is 0.494 e. The van der Waals surface area contributed by atoms with Gasteiger partial charge >= 0.3 is 5.97 Å². The number of hydrogen-bond acceptors (Lipinski definition) is 4. The molecule has 0 N–H and O–H groups in total. The van der Waals surface area contributed by atoms with Crippen molar-refractivity contribution in [1.29, 1.82) is 0 Å². The molecule has 2 aromatic rings. The molecule has 18 heavy (non-hydrogen) atoms. The normalized spacial score (nSPS) is 10.4. The molecule has 0 fully saturated rings. The predicted molar refractivity (Wildman–Crippen MR) is 69.7 cm³/mol. The van der Waals surface area contributed by atoms with Gasteiger partial charge in [-0.05, 0) is 18.2 Å². The zero-order valence-corrected chi connectivity index (χ0v) is 11.2. The van der Waals surface area contributed by atoms with Crippen molar-refractivity contribution in [3.8, 4) is 5.75 Å². The van der Waals surface area contributed by atoms with E-state index in [9.17, 15) is 4.79 Å². The molecule has 0 atom stereocenters. The second-order valence-electron chi connectivity index (χ2n) is 3.45. The summed E-state index contributed by atoms with van der Waals surface area (Å²) >= 11 is 12.2. The van der Waals surface area contributed by atoms with Gasteiger partial charge in [0.2, 0.25) is 0 Å².